The first kappa shape index (κ1) is 7.60. The Hall–Kier alpha value is -0.0400. The molecule has 0 aromatic rings. The Labute approximate surface area is 69.6 Å². The third-order valence-electron chi connectivity index (χ3n) is 3.32. The van der Waals surface area contributed by atoms with Crippen molar-refractivity contribution >= 4 is 0 Å². The molecule has 1 heterocycles. The fourth-order valence-electron chi connectivity index (χ4n) is 2.30. The van der Waals surface area contributed by atoms with Crippen LogP contribution in [-0.2, 0) is 0 Å². The van der Waals surface area contributed by atoms with Crippen LogP contribution in [0.1, 0.15) is 44.9 Å². The highest BCUT2D eigenvalue weighted by Gasteiger charge is 2.26. The van der Waals surface area contributed by atoms with Gasteiger partial charge in [0.2, 0.25) is 0 Å². The minimum Gasteiger partial charge on any atom is -0.314 e. The van der Waals surface area contributed by atoms with Crippen LogP contribution in [0.2, 0.25) is 0 Å². The monoisotopic (exact) mass is 153 g/mol. The summed E-state index contributed by atoms with van der Waals surface area (Å²) in [6.07, 6.45) is 10.3. The van der Waals surface area contributed by atoms with E-state index < -0.39 is 0 Å². The number of nitrogens with one attached hydrogen (secondary N) is 1. The van der Waals surface area contributed by atoms with Crippen molar-refractivity contribution in [3.8, 4) is 0 Å². The standard InChI is InChI=1S/C10H19N/c1-2-7-10(11-8-3-1)9-5-4-6-9/h9-11H,1-8H2/t10-/m1/s1. The average molecular weight is 153 g/mol. The van der Waals surface area contributed by atoms with E-state index in [2.05, 4.69) is 5.32 Å². The third-order valence-corrected chi connectivity index (χ3v) is 3.32. The lowest BCUT2D eigenvalue weighted by atomic mass is 9.78. The molecule has 0 aromatic heterocycles. The summed E-state index contributed by atoms with van der Waals surface area (Å²) in [7, 11) is 0. The summed E-state index contributed by atoms with van der Waals surface area (Å²) in [5, 5.41) is 3.68. The highest BCUT2D eigenvalue weighted by Crippen LogP contribution is 2.32. The molecule has 2 rings (SSSR count). The molecule has 0 unspecified atom stereocenters. The Morgan fingerprint density at radius 1 is 0.818 bits per heavy atom. The molecule has 1 saturated heterocycles. The first-order valence-corrected chi connectivity index (χ1v) is 5.20. The predicted molar refractivity (Wildman–Crippen MR) is 47.6 cm³/mol. The van der Waals surface area contributed by atoms with Gasteiger partial charge >= 0.3 is 0 Å². The van der Waals surface area contributed by atoms with Crippen molar-refractivity contribution in [2.75, 3.05) is 6.54 Å². The molecule has 11 heavy (non-hydrogen) atoms. The van der Waals surface area contributed by atoms with E-state index in [0.29, 0.717) is 0 Å². The van der Waals surface area contributed by atoms with Crippen molar-refractivity contribution in [3.05, 3.63) is 0 Å². The van der Waals surface area contributed by atoms with Crippen LogP contribution >= 0.6 is 0 Å². The molecule has 1 aliphatic carbocycles. The van der Waals surface area contributed by atoms with Crippen LogP contribution in [-0.4, -0.2) is 12.6 Å². The van der Waals surface area contributed by atoms with Gasteiger partial charge in [-0.1, -0.05) is 19.3 Å². The molecular weight excluding hydrogens is 134 g/mol. The molecule has 64 valence electrons. The zero-order chi connectivity index (χ0) is 7.52. The molecule has 0 radical (unpaired) electrons. The molecule has 1 saturated carbocycles. The Morgan fingerprint density at radius 2 is 1.73 bits per heavy atom. The second kappa shape index (κ2) is 3.57. The van der Waals surface area contributed by atoms with Gasteiger partial charge in [-0.15, -0.1) is 0 Å². The van der Waals surface area contributed by atoms with E-state index in [1.165, 1.54) is 51.5 Å². The van der Waals surface area contributed by atoms with Crippen LogP contribution in [0.5, 0.6) is 0 Å². The lowest BCUT2D eigenvalue weighted by molar-refractivity contribution is 0.225. The number of rotatable bonds is 1. The second-order valence-electron chi connectivity index (χ2n) is 4.10. The van der Waals surface area contributed by atoms with E-state index in [0.717, 1.165) is 12.0 Å². The van der Waals surface area contributed by atoms with Crippen LogP contribution in [0.25, 0.3) is 0 Å². The topological polar surface area (TPSA) is 12.0 Å². The summed E-state index contributed by atoms with van der Waals surface area (Å²) < 4.78 is 0. The van der Waals surface area contributed by atoms with Gasteiger partial charge in [0.1, 0.15) is 0 Å². The summed E-state index contributed by atoms with van der Waals surface area (Å²) in [4.78, 5) is 0. The molecule has 1 N–H and O–H groups in total. The maximum Gasteiger partial charge on any atom is 0.00953 e. The van der Waals surface area contributed by atoms with Gasteiger partial charge in [-0.3, -0.25) is 0 Å². The highest BCUT2D eigenvalue weighted by molar-refractivity contribution is 4.83. The van der Waals surface area contributed by atoms with E-state index >= 15 is 0 Å². The zero-order valence-electron chi connectivity index (χ0n) is 7.31. The van der Waals surface area contributed by atoms with Crippen molar-refractivity contribution in [1.82, 2.24) is 5.32 Å². The fraction of sp³-hybridized carbons (Fsp3) is 1.00. The zero-order valence-corrected chi connectivity index (χ0v) is 7.31. The summed E-state index contributed by atoms with van der Waals surface area (Å²) in [5.41, 5.74) is 0. The summed E-state index contributed by atoms with van der Waals surface area (Å²) >= 11 is 0. The normalized spacial score (nSPS) is 34.4. The van der Waals surface area contributed by atoms with Gasteiger partial charge in [0.25, 0.3) is 0 Å². The van der Waals surface area contributed by atoms with E-state index in [1.807, 2.05) is 0 Å². The fourth-order valence-corrected chi connectivity index (χ4v) is 2.30. The van der Waals surface area contributed by atoms with E-state index in [4.69, 9.17) is 0 Å². The Kier molecular flexibility index (Phi) is 2.47. The Balaban J connectivity index is 1.80. The molecule has 0 aromatic carbocycles. The van der Waals surface area contributed by atoms with Crippen molar-refractivity contribution in [1.29, 1.82) is 0 Å². The van der Waals surface area contributed by atoms with E-state index in [1.54, 1.807) is 0 Å². The molecule has 0 bridgehead atoms. The number of hydrogen-bond donors (Lipinski definition) is 1. The predicted octanol–water partition coefficient (Wildman–Crippen LogP) is 2.32. The number of hydrogen-bond acceptors (Lipinski definition) is 1. The van der Waals surface area contributed by atoms with E-state index in [-0.39, 0.29) is 0 Å². The quantitative estimate of drug-likeness (QED) is 0.609. The maximum absolute atomic E-state index is 3.68. The van der Waals surface area contributed by atoms with Crippen molar-refractivity contribution in [2.24, 2.45) is 5.92 Å². The molecule has 0 spiro atoms. The molecule has 1 atom stereocenters. The second-order valence-corrected chi connectivity index (χ2v) is 4.10. The van der Waals surface area contributed by atoms with Crippen molar-refractivity contribution in [3.63, 3.8) is 0 Å². The summed E-state index contributed by atoms with van der Waals surface area (Å²) in [6, 6.07) is 0.895. The molecule has 0 amide bonds. The van der Waals surface area contributed by atoms with Gasteiger partial charge in [0.05, 0.1) is 0 Å². The molecule has 1 nitrogen and oxygen atoms in total. The highest BCUT2D eigenvalue weighted by atomic mass is 14.9. The first-order valence-electron chi connectivity index (χ1n) is 5.20. The van der Waals surface area contributed by atoms with Gasteiger partial charge in [0, 0.05) is 6.04 Å². The van der Waals surface area contributed by atoms with Crippen LogP contribution in [0, 0.1) is 5.92 Å². The molecule has 2 aliphatic rings. The SMILES string of the molecule is C1CCN[C@@H](C2CCC2)CC1. The maximum atomic E-state index is 3.68. The van der Waals surface area contributed by atoms with Crippen LogP contribution in [0.4, 0.5) is 0 Å². The smallest absolute Gasteiger partial charge is 0.00953 e. The minimum absolute atomic E-state index is 0.895. The first-order chi connectivity index (χ1) is 5.47. The van der Waals surface area contributed by atoms with Gasteiger partial charge in [-0.2, -0.15) is 0 Å². The van der Waals surface area contributed by atoms with Crippen LogP contribution in [0.3, 0.4) is 0 Å². The van der Waals surface area contributed by atoms with E-state index in [9.17, 15) is 0 Å². The van der Waals surface area contributed by atoms with Crippen LogP contribution < -0.4 is 5.32 Å². The summed E-state index contributed by atoms with van der Waals surface area (Å²) in [5.74, 6) is 1.05. The average Bonchev–Trinajstić information content (AvgIpc) is 2.12. The molecule has 1 aliphatic heterocycles. The molecule has 1 heteroatoms. The van der Waals surface area contributed by atoms with Crippen molar-refractivity contribution < 1.29 is 0 Å². The third kappa shape index (κ3) is 1.76. The summed E-state index contributed by atoms with van der Waals surface area (Å²) in [6.45, 7) is 1.28. The van der Waals surface area contributed by atoms with Crippen LogP contribution in [0.15, 0.2) is 0 Å². The molecular formula is C10H19N. The van der Waals surface area contributed by atoms with Gasteiger partial charge < -0.3 is 5.32 Å². The molecule has 2 fully saturated rings. The van der Waals surface area contributed by atoms with Gasteiger partial charge in [-0.05, 0) is 38.1 Å². The minimum atomic E-state index is 0.895. The van der Waals surface area contributed by atoms with Gasteiger partial charge in [-0.25, -0.2) is 0 Å². The van der Waals surface area contributed by atoms with Gasteiger partial charge in [0.15, 0.2) is 0 Å². The Bertz CT molecular complexity index is 110. The Morgan fingerprint density at radius 3 is 2.45 bits per heavy atom. The van der Waals surface area contributed by atoms with Crippen molar-refractivity contribution in [2.45, 2.75) is 51.0 Å². The largest absolute Gasteiger partial charge is 0.314 e. The lowest BCUT2D eigenvalue weighted by Gasteiger charge is -2.33. The lowest BCUT2D eigenvalue weighted by Crippen LogP contribution is -2.38.